The Morgan fingerprint density at radius 2 is 2.00 bits per heavy atom. The Hall–Kier alpha value is -1.91. The molecule has 1 aliphatic carbocycles. The van der Waals surface area contributed by atoms with Gasteiger partial charge in [0.1, 0.15) is 5.82 Å². The molecule has 0 aliphatic heterocycles. The van der Waals surface area contributed by atoms with Gasteiger partial charge in [-0.05, 0) is 37.5 Å². The van der Waals surface area contributed by atoms with Gasteiger partial charge in [-0.1, -0.05) is 6.07 Å². The first kappa shape index (κ1) is 12.5. The van der Waals surface area contributed by atoms with Crippen LogP contribution in [0, 0.1) is 17.7 Å². The molecule has 96 valence electrons. The van der Waals surface area contributed by atoms with Crippen LogP contribution in [0.2, 0.25) is 0 Å². The van der Waals surface area contributed by atoms with E-state index in [1.165, 1.54) is 18.2 Å². The van der Waals surface area contributed by atoms with Crippen molar-refractivity contribution in [1.82, 2.24) is 0 Å². The fraction of sp³-hybridized carbons (Fsp3) is 0.385. The van der Waals surface area contributed by atoms with Crippen molar-refractivity contribution in [3.63, 3.8) is 0 Å². The third kappa shape index (κ3) is 2.85. The highest BCUT2D eigenvalue weighted by Crippen LogP contribution is 2.31. The van der Waals surface area contributed by atoms with Crippen molar-refractivity contribution in [3.05, 3.63) is 30.1 Å². The number of carbonyl (C=O) groups excluding carboxylic acids is 1. The van der Waals surface area contributed by atoms with Crippen molar-refractivity contribution in [2.45, 2.75) is 19.3 Å². The lowest BCUT2D eigenvalue weighted by atomic mass is 10.0. The number of carboxylic acid groups (broad SMARTS) is 1. The molecule has 1 aliphatic rings. The Morgan fingerprint density at radius 1 is 1.28 bits per heavy atom. The van der Waals surface area contributed by atoms with Crippen molar-refractivity contribution in [2.24, 2.45) is 11.8 Å². The minimum absolute atomic E-state index is 0.232. The monoisotopic (exact) mass is 251 g/mol. The minimum Gasteiger partial charge on any atom is -0.481 e. The summed E-state index contributed by atoms with van der Waals surface area (Å²) >= 11 is 0. The van der Waals surface area contributed by atoms with E-state index in [4.69, 9.17) is 5.11 Å². The summed E-state index contributed by atoms with van der Waals surface area (Å²) in [6.45, 7) is 0. The number of hydrogen-bond donors (Lipinski definition) is 2. The molecule has 1 aromatic rings. The maximum atomic E-state index is 12.9. The number of rotatable bonds is 3. The average molecular weight is 251 g/mol. The standard InChI is InChI=1S/C13H14FNO3/c14-10-2-1-3-11(7-10)15-12(16)8-4-5-9(6-8)13(17)18/h1-3,7-9H,4-6H2,(H,15,16)(H,17,18). The smallest absolute Gasteiger partial charge is 0.306 e. The number of carboxylic acids is 1. The Kier molecular flexibility index (Phi) is 3.60. The van der Waals surface area contributed by atoms with Crippen LogP contribution in [0.15, 0.2) is 24.3 Å². The van der Waals surface area contributed by atoms with E-state index in [-0.39, 0.29) is 11.8 Å². The van der Waals surface area contributed by atoms with E-state index in [1.54, 1.807) is 6.07 Å². The lowest BCUT2D eigenvalue weighted by Crippen LogP contribution is -2.21. The Morgan fingerprint density at radius 3 is 2.61 bits per heavy atom. The largest absolute Gasteiger partial charge is 0.481 e. The van der Waals surface area contributed by atoms with Gasteiger partial charge in [0.25, 0.3) is 0 Å². The number of hydrogen-bond acceptors (Lipinski definition) is 2. The second-order valence-electron chi connectivity index (χ2n) is 4.54. The lowest BCUT2D eigenvalue weighted by molar-refractivity contribution is -0.141. The second kappa shape index (κ2) is 5.16. The van der Waals surface area contributed by atoms with E-state index in [2.05, 4.69) is 5.32 Å². The van der Waals surface area contributed by atoms with Crippen LogP contribution in [-0.2, 0) is 9.59 Å². The summed E-state index contributed by atoms with van der Waals surface area (Å²) in [5.74, 6) is -2.23. The van der Waals surface area contributed by atoms with Gasteiger partial charge in [0.15, 0.2) is 0 Å². The first-order valence-electron chi connectivity index (χ1n) is 5.85. The van der Waals surface area contributed by atoms with Crippen LogP contribution in [0.1, 0.15) is 19.3 Å². The van der Waals surface area contributed by atoms with Gasteiger partial charge in [0.05, 0.1) is 5.92 Å². The fourth-order valence-corrected chi connectivity index (χ4v) is 2.25. The molecule has 5 heteroatoms. The van der Waals surface area contributed by atoms with E-state index in [1.807, 2.05) is 0 Å². The van der Waals surface area contributed by atoms with Crippen LogP contribution in [0.4, 0.5) is 10.1 Å². The SMILES string of the molecule is O=C(O)C1CCC(C(=O)Nc2cccc(F)c2)C1. The Bertz CT molecular complexity index is 475. The van der Waals surface area contributed by atoms with Gasteiger partial charge in [-0.15, -0.1) is 0 Å². The zero-order valence-electron chi connectivity index (χ0n) is 9.73. The van der Waals surface area contributed by atoms with Crippen molar-refractivity contribution in [2.75, 3.05) is 5.32 Å². The van der Waals surface area contributed by atoms with Crippen LogP contribution in [0.25, 0.3) is 0 Å². The predicted octanol–water partition coefficient (Wildman–Crippen LogP) is 2.27. The molecule has 2 N–H and O–H groups in total. The summed E-state index contributed by atoms with van der Waals surface area (Å²) in [6.07, 6.45) is 1.45. The van der Waals surface area contributed by atoms with E-state index in [9.17, 15) is 14.0 Å². The summed E-state index contributed by atoms with van der Waals surface area (Å²) in [4.78, 5) is 22.7. The minimum atomic E-state index is -0.851. The maximum Gasteiger partial charge on any atom is 0.306 e. The van der Waals surface area contributed by atoms with E-state index < -0.39 is 17.7 Å². The fourth-order valence-electron chi connectivity index (χ4n) is 2.25. The van der Waals surface area contributed by atoms with Gasteiger partial charge >= 0.3 is 5.97 Å². The highest BCUT2D eigenvalue weighted by atomic mass is 19.1. The third-order valence-corrected chi connectivity index (χ3v) is 3.24. The van der Waals surface area contributed by atoms with Gasteiger partial charge in [-0.3, -0.25) is 9.59 Å². The molecule has 0 saturated heterocycles. The summed E-state index contributed by atoms with van der Waals surface area (Å²) in [5, 5.41) is 11.5. The topological polar surface area (TPSA) is 66.4 Å². The van der Waals surface area contributed by atoms with Gasteiger partial charge in [0.2, 0.25) is 5.91 Å². The molecule has 2 rings (SSSR count). The molecule has 1 fully saturated rings. The summed E-state index contributed by atoms with van der Waals surface area (Å²) in [6, 6.07) is 5.65. The molecule has 1 aromatic carbocycles. The predicted molar refractivity (Wildman–Crippen MR) is 63.5 cm³/mol. The molecule has 1 saturated carbocycles. The van der Waals surface area contributed by atoms with E-state index >= 15 is 0 Å². The van der Waals surface area contributed by atoms with Crippen molar-refractivity contribution >= 4 is 17.6 Å². The number of benzene rings is 1. The highest BCUT2D eigenvalue weighted by molar-refractivity contribution is 5.93. The lowest BCUT2D eigenvalue weighted by Gasteiger charge is -2.10. The Labute approximate surface area is 104 Å². The summed E-state index contributed by atoms with van der Waals surface area (Å²) in [5.41, 5.74) is 0.402. The molecule has 18 heavy (non-hydrogen) atoms. The molecule has 0 aromatic heterocycles. The van der Waals surface area contributed by atoms with Crippen molar-refractivity contribution < 1.29 is 19.1 Å². The number of anilines is 1. The third-order valence-electron chi connectivity index (χ3n) is 3.24. The number of aliphatic carboxylic acids is 1. The van der Waals surface area contributed by atoms with Gasteiger partial charge in [-0.25, -0.2) is 4.39 Å². The van der Waals surface area contributed by atoms with Crippen molar-refractivity contribution in [3.8, 4) is 0 Å². The van der Waals surface area contributed by atoms with E-state index in [0.717, 1.165) is 0 Å². The van der Waals surface area contributed by atoms with Crippen LogP contribution in [0.5, 0.6) is 0 Å². The first-order chi connectivity index (χ1) is 8.56. The molecule has 0 spiro atoms. The van der Waals surface area contributed by atoms with Crippen LogP contribution < -0.4 is 5.32 Å². The zero-order valence-corrected chi connectivity index (χ0v) is 9.73. The molecule has 4 nitrogen and oxygen atoms in total. The average Bonchev–Trinajstić information content (AvgIpc) is 2.78. The van der Waals surface area contributed by atoms with Crippen LogP contribution >= 0.6 is 0 Å². The summed E-state index contributed by atoms with van der Waals surface area (Å²) in [7, 11) is 0. The van der Waals surface area contributed by atoms with Crippen LogP contribution in [-0.4, -0.2) is 17.0 Å². The number of amides is 1. The Balaban J connectivity index is 1.95. The van der Waals surface area contributed by atoms with Gasteiger partial charge in [0, 0.05) is 11.6 Å². The molecule has 0 heterocycles. The molecule has 2 unspecified atom stereocenters. The highest BCUT2D eigenvalue weighted by Gasteiger charge is 2.33. The second-order valence-corrected chi connectivity index (χ2v) is 4.54. The van der Waals surface area contributed by atoms with Gasteiger partial charge in [-0.2, -0.15) is 0 Å². The number of halogens is 1. The number of nitrogens with one attached hydrogen (secondary N) is 1. The van der Waals surface area contributed by atoms with Crippen molar-refractivity contribution in [1.29, 1.82) is 0 Å². The number of carbonyl (C=O) groups is 2. The normalized spacial score (nSPS) is 22.7. The van der Waals surface area contributed by atoms with Crippen LogP contribution in [0.3, 0.4) is 0 Å². The first-order valence-corrected chi connectivity index (χ1v) is 5.85. The molecule has 0 radical (unpaired) electrons. The zero-order chi connectivity index (χ0) is 13.1. The molecular weight excluding hydrogens is 237 g/mol. The van der Waals surface area contributed by atoms with Gasteiger partial charge < -0.3 is 10.4 Å². The summed E-state index contributed by atoms with van der Waals surface area (Å²) < 4.78 is 12.9. The molecular formula is C13H14FNO3. The molecule has 1 amide bonds. The molecule has 0 bridgehead atoms. The molecule has 2 atom stereocenters. The maximum absolute atomic E-state index is 12.9. The van der Waals surface area contributed by atoms with E-state index in [0.29, 0.717) is 24.9 Å². The quantitative estimate of drug-likeness (QED) is 0.866.